The summed E-state index contributed by atoms with van der Waals surface area (Å²) >= 11 is 5.95. The predicted molar refractivity (Wildman–Crippen MR) is 76.3 cm³/mol. The molecular formula is C12H16ClN7O. The van der Waals surface area contributed by atoms with E-state index in [9.17, 15) is 5.11 Å². The minimum atomic E-state index is -0.386. The zero-order valence-electron chi connectivity index (χ0n) is 11.4. The first kappa shape index (κ1) is 14.2. The summed E-state index contributed by atoms with van der Waals surface area (Å²) in [6.07, 6.45) is 7.96. The molecule has 2 heterocycles. The van der Waals surface area contributed by atoms with Crippen molar-refractivity contribution in [3.63, 3.8) is 0 Å². The number of aliphatic hydroxyl groups excluding tert-OH is 1. The largest absolute Gasteiger partial charge is 0.394 e. The summed E-state index contributed by atoms with van der Waals surface area (Å²) in [5.41, 5.74) is -0.386. The van der Waals surface area contributed by atoms with E-state index in [2.05, 4.69) is 30.4 Å². The molecule has 0 atom stereocenters. The van der Waals surface area contributed by atoms with E-state index < -0.39 is 0 Å². The van der Waals surface area contributed by atoms with Crippen LogP contribution < -0.4 is 5.32 Å². The van der Waals surface area contributed by atoms with Crippen molar-refractivity contribution in [3.05, 3.63) is 17.9 Å². The van der Waals surface area contributed by atoms with Gasteiger partial charge < -0.3 is 10.4 Å². The van der Waals surface area contributed by atoms with Crippen molar-refractivity contribution < 1.29 is 5.11 Å². The van der Waals surface area contributed by atoms with E-state index in [4.69, 9.17) is 11.6 Å². The van der Waals surface area contributed by atoms with Gasteiger partial charge in [-0.3, -0.25) is 0 Å². The quantitative estimate of drug-likeness (QED) is 0.875. The molecule has 3 rings (SSSR count). The molecule has 2 aromatic heterocycles. The van der Waals surface area contributed by atoms with E-state index in [-0.39, 0.29) is 17.4 Å². The minimum Gasteiger partial charge on any atom is -0.394 e. The molecule has 0 bridgehead atoms. The first-order valence-corrected chi connectivity index (χ1v) is 7.24. The zero-order valence-corrected chi connectivity index (χ0v) is 12.2. The molecule has 1 fully saturated rings. The van der Waals surface area contributed by atoms with Crippen molar-refractivity contribution in [2.75, 3.05) is 11.9 Å². The topological polar surface area (TPSA) is 102 Å². The van der Waals surface area contributed by atoms with Crippen molar-refractivity contribution in [1.29, 1.82) is 0 Å². The zero-order chi connectivity index (χ0) is 14.7. The lowest BCUT2D eigenvalue weighted by Crippen LogP contribution is -2.44. The Bertz CT molecular complexity index is 598. The molecule has 0 amide bonds. The monoisotopic (exact) mass is 309 g/mol. The predicted octanol–water partition coefficient (Wildman–Crippen LogP) is 1.21. The molecule has 8 nitrogen and oxygen atoms in total. The summed E-state index contributed by atoms with van der Waals surface area (Å²) in [5.74, 6) is 0.635. The molecule has 2 aromatic rings. The van der Waals surface area contributed by atoms with E-state index in [0.29, 0.717) is 11.9 Å². The highest BCUT2D eigenvalue weighted by molar-refractivity contribution is 6.28. The van der Waals surface area contributed by atoms with Crippen molar-refractivity contribution in [1.82, 2.24) is 29.7 Å². The number of nitrogens with one attached hydrogen (secondary N) is 1. The van der Waals surface area contributed by atoms with Gasteiger partial charge in [0.25, 0.3) is 5.95 Å². The maximum absolute atomic E-state index is 9.73. The second kappa shape index (κ2) is 5.90. The van der Waals surface area contributed by atoms with Crippen LogP contribution in [0.4, 0.5) is 5.95 Å². The van der Waals surface area contributed by atoms with Crippen LogP contribution in [0.5, 0.6) is 0 Å². The second-order valence-corrected chi connectivity index (χ2v) is 5.53. The van der Waals surface area contributed by atoms with Gasteiger partial charge in [-0.1, -0.05) is 19.3 Å². The lowest BCUT2D eigenvalue weighted by molar-refractivity contribution is 0.172. The molecule has 1 aliphatic carbocycles. The highest BCUT2D eigenvalue weighted by Gasteiger charge is 2.32. The number of nitrogens with zero attached hydrogens (tertiary/aromatic N) is 6. The number of halogens is 1. The van der Waals surface area contributed by atoms with Crippen molar-refractivity contribution in [2.24, 2.45) is 0 Å². The second-order valence-electron chi connectivity index (χ2n) is 5.19. The fraction of sp³-hybridized carbons (Fsp3) is 0.583. The Balaban J connectivity index is 1.88. The van der Waals surface area contributed by atoms with Gasteiger partial charge in [0.15, 0.2) is 0 Å². The van der Waals surface area contributed by atoms with Crippen molar-refractivity contribution in [2.45, 2.75) is 37.6 Å². The van der Waals surface area contributed by atoms with E-state index in [1.807, 2.05) is 0 Å². The van der Waals surface area contributed by atoms with Gasteiger partial charge in [0.05, 0.1) is 12.1 Å². The first-order valence-electron chi connectivity index (χ1n) is 6.86. The molecule has 0 saturated heterocycles. The van der Waals surface area contributed by atoms with Crippen LogP contribution in [0.3, 0.4) is 0 Å². The molecule has 1 aliphatic rings. The Hall–Kier alpha value is -1.80. The molecule has 9 heteroatoms. The third-order valence-corrected chi connectivity index (χ3v) is 3.88. The molecular weight excluding hydrogens is 294 g/mol. The summed E-state index contributed by atoms with van der Waals surface area (Å²) in [5, 5.41) is 17.0. The number of anilines is 1. The van der Waals surface area contributed by atoms with E-state index in [1.54, 1.807) is 0 Å². The Morgan fingerprint density at radius 2 is 2.05 bits per heavy atom. The third kappa shape index (κ3) is 3.11. The van der Waals surface area contributed by atoms with Gasteiger partial charge in [0.2, 0.25) is 11.2 Å². The molecule has 0 radical (unpaired) electrons. The molecule has 0 unspecified atom stereocenters. The Kier molecular flexibility index (Phi) is 3.98. The molecule has 0 aliphatic heterocycles. The van der Waals surface area contributed by atoms with Gasteiger partial charge in [-0.15, -0.1) is 0 Å². The van der Waals surface area contributed by atoms with Crippen molar-refractivity contribution >= 4 is 17.5 Å². The average Bonchev–Trinajstić information content (AvgIpc) is 3.02. The SMILES string of the molecule is OCC1(Nc2nc(Cl)nc(-n3cncn3)n2)CCCCC1. The highest BCUT2D eigenvalue weighted by atomic mass is 35.5. The number of rotatable bonds is 4. The highest BCUT2D eigenvalue weighted by Crippen LogP contribution is 2.30. The van der Waals surface area contributed by atoms with Crippen LogP contribution in [0, 0.1) is 0 Å². The number of aromatic nitrogens is 6. The Morgan fingerprint density at radius 3 is 2.71 bits per heavy atom. The molecule has 1 saturated carbocycles. The van der Waals surface area contributed by atoms with E-state index in [1.165, 1.54) is 23.8 Å². The van der Waals surface area contributed by atoms with Crippen LogP contribution in [-0.2, 0) is 0 Å². The van der Waals surface area contributed by atoms with Gasteiger partial charge in [0.1, 0.15) is 12.7 Å². The van der Waals surface area contributed by atoms with Crippen molar-refractivity contribution in [3.8, 4) is 5.95 Å². The molecule has 21 heavy (non-hydrogen) atoms. The Morgan fingerprint density at radius 1 is 1.24 bits per heavy atom. The summed E-state index contributed by atoms with van der Waals surface area (Å²) in [4.78, 5) is 16.3. The van der Waals surface area contributed by atoms with Crippen LogP contribution in [-0.4, -0.2) is 47.0 Å². The molecule has 0 spiro atoms. The summed E-state index contributed by atoms with van der Waals surface area (Å²) < 4.78 is 1.41. The lowest BCUT2D eigenvalue weighted by Gasteiger charge is -2.36. The molecule has 2 N–H and O–H groups in total. The summed E-state index contributed by atoms with van der Waals surface area (Å²) in [6.45, 7) is 0.0367. The maximum atomic E-state index is 9.73. The number of hydrogen-bond acceptors (Lipinski definition) is 7. The van der Waals surface area contributed by atoms with Gasteiger partial charge in [-0.05, 0) is 24.4 Å². The van der Waals surface area contributed by atoms with Gasteiger partial charge in [-0.2, -0.15) is 24.7 Å². The normalized spacial score (nSPS) is 17.6. The maximum Gasteiger partial charge on any atom is 0.258 e. The first-order chi connectivity index (χ1) is 10.2. The fourth-order valence-corrected chi connectivity index (χ4v) is 2.75. The summed E-state index contributed by atoms with van der Waals surface area (Å²) in [7, 11) is 0. The van der Waals surface area contributed by atoms with Crippen LogP contribution in [0.1, 0.15) is 32.1 Å². The van der Waals surface area contributed by atoms with E-state index >= 15 is 0 Å². The van der Waals surface area contributed by atoms with E-state index in [0.717, 1.165) is 25.7 Å². The van der Waals surface area contributed by atoms with Crippen LogP contribution in [0.15, 0.2) is 12.7 Å². The number of hydrogen-bond donors (Lipinski definition) is 2. The fourth-order valence-electron chi connectivity index (χ4n) is 2.60. The van der Waals surface area contributed by atoms with Crippen LogP contribution >= 0.6 is 11.6 Å². The smallest absolute Gasteiger partial charge is 0.258 e. The third-order valence-electron chi connectivity index (χ3n) is 3.71. The molecule has 112 valence electrons. The van der Waals surface area contributed by atoms with Gasteiger partial charge in [0, 0.05) is 0 Å². The summed E-state index contributed by atoms with van der Waals surface area (Å²) in [6, 6.07) is 0. The minimum absolute atomic E-state index is 0.0367. The van der Waals surface area contributed by atoms with Gasteiger partial charge >= 0.3 is 0 Å². The Labute approximate surface area is 126 Å². The standard InChI is InChI=1S/C12H16ClN7O/c13-9-16-10(18-11(17-9)20-8-14-7-15-20)19-12(6-21)4-2-1-3-5-12/h7-8,21H,1-6H2,(H,16,17,18,19). The molecule has 0 aromatic carbocycles. The lowest BCUT2D eigenvalue weighted by atomic mass is 9.82. The van der Waals surface area contributed by atoms with Crippen LogP contribution in [0.25, 0.3) is 5.95 Å². The van der Waals surface area contributed by atoms with Gasteiger partial charge in [-0.25, -0.2) is 4.98 Å². The average molecular weight is 310 g/mol. The van der Waals surface area contributed by atoms with Crippen LogP contribution in [0.2, 0.25) is 5.28 Å². The number of aliphatic hydroxyl groups is 1.